The highest BCUT2D eigenvalue weighted by molar-refractivity contribution is 6.30. The van der Waals surface area contributed by atoms with E-state index in [0.29, 0.717) is 22.2 Å². The first-order valence-corrected chi connectivity index (χ1v) is 8.82. The number of likely N-dealkylation sites (tertiary alicyclic amines) is 1. The Balaban J connectivity index is 0.00000225. The van der Waals surface area contributed by atoms with Crippen LogP contribution in [-0.4, -0.2) is 30.5 Å². The van der Waals surface area contributed by atoms with Gasteiger partial charge < -0.3 is 4.74 Å². The molecule has 1 saturated heterocycles. The van der Waals surface area contributed by atoms with Crippen molar-refractivity contribution in [2.24, 2.45) is 0 Å². The van der Waals surface area contributed by atoms with E-state index in [1.807, 2.05) is 24.3 Å². The van der Waals surface area contributed by atoms with Gasteiger partial charge in [-0.3, -0.25) is 4.90 Å². The summed E-state index contributed by atoms with van der Waals surface area (Å²) < 4.78 is 5.80. The van der Waals surface area contributed by atoms with E-state index in [-0.39, 0.29) is 24.5 Å². The highest BCUT2D eigenvalue weighted by Crippen LogP contribution is 2.24. The summed E-state index contributed by atoms with van der Waals surface area (Å²) in [6, 6.07) is 14.2. The first-order valence-electron chi connectivity index (χ1n) is 8.06. The maximum absolute atomic E-state index is 12.5. The largest absolute Gasteiger partial charge is 0.453 e. The summed E-state index contributed by atoms with van der Waals surface area (Å²) in [5, 5.41) is 1.26. The third-order valence-electron chi connectivity index (χ3n) is 4.19. The smallest absolute Gasteiger partial charge is 0.338 e. The molecule has 0 saturated carbocycles. The molecule has 6 heteroatoms. The van der Waals surface area contributed by atoms with Crippen LogP contribution in [0.3, 0.4) is 0 Å². The minimum Gasteiger partial charge on any atom is -0.453 e. The fourth-order valence-corrected chi connectivity index (χ4v) is 3.12. The van der Waals surface area contributed by atoms with E-state index in [1.54, 1.807) is 24.3 Å². The third kappa shape index (κ3) is 5.61. The Morgan fingerprint density at radius 1 is 0.960 bits per heavy atom. The van der Waals surface area contributed by atoms with E-state index < -0.39 is 0 Å². The predicted molar refractivity (Wildman–Crippen MR) is 104 cm³/mol. The van der Waals surface area contributed by atoms with Gasteiger partial charge >= 0.3 is 5.97 Å². The van der Waals surface area contributed by atoms with Gasteiger partial charge in [-0.1, -0.05) is 35.3 Å². The molecule has 25 heavy (non-hydrogen) atoms. The number of hydrogen-bond donors (Lipinski definition) is 0. The summed E-state index contributed by atoms with van der Waals surface area (Å²) in [6.45, 7) is 2.78. The van der Waals surface area contributed by atoms with E-state index >= 15 is 0 Å². The van der Waals surface area contributed by atoms with Crippen molar-refractivity contribution in [3.8, 4) is 0 Å². The number of carbonyl (C=O) groups is 1. The molecule has 0 N–H and O–H groups in total. The summed E-state index contributed by atoms with van der Waals surface area (Å²) in [5.41, 5.74) is 1.45. The van der Waals surface area contributed by atoms with Gasteiger partial charge in [-0.05, 0) is 67.9 Å². The molecule has 1 aliphatic rings. The molecule has 0 aliphatic carbocycles. The normalized spacial score (nSPS) is 15.4. The van der Waals surface area contributed by atoms with Gasteiger partial charge in [-0.15, -0.1) is 12.4 Å². The minimum atomic E-state index is -0.342. The molecule has 3 rings (SSSR count). The zero-order valence-electron chi connectivity index (χ0n) is 13.7. The molecule has 1 heterocycles. The van der Waals surface area contributed by atoms with E-state index in [2.05, 4.69) is 4.90 Å². The zero-order valence-corrected chi connectivity index (χ0v) is 16.0. The van der Waals surface area contributed by atoms with E-state index in [1.165, 1.54) is 12.8 Å². The lowest BCUT2D eigenvalue weighted by Crippen LogP contribution is -2.28. The van der Waals surface area contributed by atoms with Crippen molar-refractivity contribution >= 4 is 41.6 Å². The van der Waals surface area contributed by atoms with Crippen molar-refractivity contribution < 1.29 is 9.53 Å². The molecule has 3 nitrogen and oxygen atoms in total. The molecular formula is C19H20Cl3NO2. The molecule has 0 radical (unpaired) electrons. The molecule has 2 aromatic rings. The first-order chi connectivity index (χ1) is 11.6. The second-order valence-corrected chi connectivity index (χ2v) is 6.83. The van der Waals surface area contributed by atoms with Gasteiger partial charge in [0, 0.05) is 16.6 Å². The van der Waals surface area contributed by atoms with Crippen LogP contribution in [0.4, 0.5) is 0 Å². The quantitative estimate of drug-likeness (QED) is 0.629. The zero-order chi connectivity index (χ0) is 16.9. The highest BCUT2D eigenvalue weighted by Gasteiger charge is 2.23. The maximum atomic E-state index is 12.5. The van der Waals surface area contributed by atoms with Crippen LogP contribution in [-0.2, 0) is 4.74 Å². The van der Waals surface area contributed by atoms with Crippen molar-refractivity contribution in [3.05, 3.63) is 69.7 Å². The fourth-order valence-electron chi connectivity index (χ4n) is 2.87. The second kappa shape index (κ2) is 9.44. The fraction of sp³-hybridized carbons (Fsp3) is 0.316. The summed E-state index contributed by atoms with van der Waals surface area (Å²) >= 11 is 11.8. The molecule has 134 valence electrons. The van der Waals surface area contributed by atoms with Gasteiger partial charge in [0.05, 0.1) is 5.56 Å². The Bertz CT molecular complexity index is 683. The minimum absolute atomic E-state index is 0. The van der Waals surface area contributed by atoms with Crippen LogP contribution in [0.5, 0.6) is 0 Å². The number of esters is 1. The van der Waals surface area contributed by atoms with Gasteiger partial charge in [-0.25, -0.2) is 4.79 Å². The standard InChI is InChI=1S/C19H19Cl2NO2.ClH/c20-16-7-3-14(4-8-16)18(13-22-11-1-2-12-22)24-19(23)15-5-9-17(21)10-6-15;/h3-10,18H,1-2,11-13H2;1H. The average molecular weight is 401 g/mol. The molecule has 1 unspecified atom stereocenters. The van der Waals surface area contributed by atoms with Crippen molar-refractivity contribution in [1.82, 2.24) is 4.90 Å². The molecule has 0 aromatic heterocycles. The van der Waals surface area contributed by atoms with E-state index in [0.717, 1.165) is 18.7 Å². The van der Waals surface area contributed by atoms with Crippen LogP contribution in [0.1, 0.15) is 34.9 Å². The van der Waals surface area contributed by atoms with Crippen LogP contribution in [0.15, 0.2) is 48.5 Å². The van der Waals surface area contributed by atoms with Crippen LogP contribution in [0.25, 0.3) is 0 Å². The van der Waals surface area contributed by atoms with Crippen molar-refractivity contribution in [2.75, 3.05) is 19.6 Å². The number of nitrogens with zero attached hydrogens (tertiary/aromatic N) is 1. The van der Waals surface area contributed by atoms with Crippen molar-refractivity contribution in [1.29, 1.82) is 0 Å². The number of rotatable bonds is 5. The molecule has 0 amide bonds. The van der Waals surface area contributed by atoms with Gasteiger partial charge in [0.2, 0.25) is 0 Å². The highest BCUT2D eigenvalue weighted by atomic mass is 35.5. The Labute approximate surface area is 164 Å². The van der Waals surface area contributed by atoms with Crippen LogP contribution >= 0.6 is 35.6 Å². The van der Waals surface area contributed by atoms with Crippen molar-refractivity contribution in [2.45, 2.75) is 18.9 Å². The van der Waals surface area contributed by atoms with Gasteiger partial charge in [-0.2, -0.15) is 0 Å². The van der Waals surface area contributed by atoms with E-state index in [9.17, 15) is 4.79 Å². The molecule has 1 fully saturated rings. The molecule has 0 spiro atoms. The SMILES string of the molecule is Cl.O=C(OC(CN1CCCC1)c1ccc(Cl)cc1)c1ccc(Cl)cc1. The average Bonchev–Trinajstić information content (AvgIpc) is 3.08. The number of carbonyl (C=O) groups excluding carboxylic acids is 1. The Hall–Kier alpha value is -1.26. The number of ether oxygens (including phenoxy) is 1. The summed E-state index contributed by atoms with van der Waals surface area (Å²) in [4.78, 5) is 14.8. The van der Waals surface area contributed by atoms with E-state index in [4.69, 9.17) is 27.9 Å². The molecule has 1 aliphatic heterocycles. The second-order valence-electron chi connectivity index (χ2n) is 5.96. The van der Waals surface area contributed by atoms with Gasteiger partial charge in [0.25, 0.3) is 0 Å². The summed E-state index contributed by atoms with van der Waals surface area (Å²) in [7, 11) is 0. The van der Waals surface area contributed by atoms with Crippen LogP contribution in [0, 0.1) is 0 Å². The molecular weight excluding hydrogens is 381 g/mol. The number of halogens is 3. The lowest BCUT2D eigenvalue weighted by atomic mass is 10.1. The summed E-state index contributed by atoms with van der Waals surface area (Å²) in [6.07, 6.45) is 2.07. The Morgan fingerprint density at radius 2 is 1.48 bits per heavy atom. The predicted octanol–water partition coefficient (Wildman–Crippen LogP) is 5.41. The third-order valence-corrected chi connectivity index (χ3v) is 4.70. The lowest BCUT2D eigenvalue weighted by Gasteiger charge is -2.24. The first kappa shape index (κ1) is 20.1. The molecule has 1 atom stereocenters. The molecule has 2 aromatic carbocycles. The van der Waals surface area contributed by atoms with Crippen molar-refractivity contribution in [3.63, 3.8) is 0 Å². The van der Waals surface area contributed by atoms with Gasteiger partial charge in [0.15, 0.2) is 0 Å². The van der Waals surface area contributed by atoms with Gasteiger partial charge in [0.1, 0.15) is 6.10 Å². The number of hydrogen-bond acceptors (Lipinski definition) is 3. The topological polar surface area (TPSA) is 29.5 Å². The monoisotopic (exact) mass is 399 g/mol. The maximum Gasteiger partial charge on any atom is 0.338 e. The number of benzene rings is 2. The molecule has 0 bridgehead atoms. The Kier molecular flexibility index (Phi) is 7.57. The Morgan fingerprint density at radius 3 is 2.04 bits per heavy atom. The summed E-state index contributed by atoms with van der Waals surface area (Å²) in [5.74, 6) is -0.342. The van der Waals surface area contributed by atoms with Crippen LogP contribution in [0.2, 0.25) is 10.0 Å². The van der Waals surface area contributed by atoms with Crippen LogP contribution < -0.4 is 0 Å². The lowest BCUT2D eigenvalue weighted by molar-refractivity contribution is 0.0216.